The van der Waals surface area contributed by atoms with Crippen molar-refractivity contribution in [3.63, 3.8) is 0 Å². The minimum absolute atomic E-state index is 0.0582. The Labute approximate surface area is 129 Å². The van der Waals surface area contributed by atoms with Gasteiger partial charge in [-0.05, 0) is 58.3 Å². The van der Waals surface area contributed by atoms with Crippen LogP contribution in [0.2, 0.25) is 0 Å². The summed E-state index contributed by atoms with van der Waals surface area (Å²) in [6.07, 6.45) is 4.08. The van der Waals surface area contributed by atoms with Crippen molar-refractivity contribution in [2.45, 2.75) is 38.6 Å². The third kappa shape index (κ3) is 5.17. The first kappa shape index (κ1) is 17.1. The SMILES string of the molecule is CCNCC1CCCN(S(=O)(=O)NC2CCCN(C)C2)C1. The van der Waals surface area contributed by atoms with Crippen molar-refractivity contribution in [3.05, 3.63) is 0 Å². The summed E-state index contributed by atoms with van der Waals surface area (Å²) in [6.45, 7) is 7.11. The van der Waals surface area contributed by atoms with Crippen molar-refractivity contribution in [3.8, 4) is 0 Å². The van der Waals surface area contributed by atoms with Gasteiger partial charge < -0.3 is 10.2 Å². The fourth-order valence-electron chi connectivity index (χ4n) is 3.31. The zero-order valence-corrected chi connectivity index (χ0v) is 14.2. The van der Waals surface area contributed by atoms with Gasteiger partial charge in [0.1, 0.15) is 0 Å². The van der Waals surface area contributed by atoms with Gasteiger partial charge in [0, 0.05) is 25.7 Å². The number of likely N-dealkylation sites (N-methyl/N-ethyl adjacent to an activating group) is 1. The molecule has 2 atom stereocenters. The zero-order valence-electron chi connectivity index (χ0n) is 13.3. The van der Waals surface area contributed by atoms with Gasteiger partial charge in [-0.1, -0.05) is 6.92 Å². The quantitative estimate of drug-likeness (QED) is 0.736. The van der Waals surface area contributed by atoms with E-state index in [2.05, 4.69) is 21.9 Å². The predicted molar refractivity (Wildman–Crippen MR) is 85.4 cm³/mol. The summed E-state index contributed by atoms with van der Waals surface area (Å²) in [7, 11) is -1.29. The number of nitrogens with one attached hydrogen (secondary N) is 2. The largest absolute Gasteiger partial charge is 0.317 e. The Morgan fingerprint density at radius 3 is 2.62 bits per heavy atom. The van der Waals surface area contributed by atoms with E-state index in [1.54, 1.807) is 4.31 Å². The first-order valence-electron chi connectivity index (χ1n) is 8.18. The Bertz CT molecular complexity index is 415. The van der Waals surface area contributed by atoms with Gasteiger partial charge in [0.2, 0.25) is 0 Å². The molecule has 2 aliphatic heterocycles. The Balaban J connectivity index is 1.88. The molecule has 0 amide bonds. The summed E-state index contributed by atoms with van der Waals surface area (Å²) < 4.78 is 29.7. The fourth-order valence-corrected chi connectivity index (χ4v) is 4.85. The number of hydrogen-bond donors (Lipinski definition) is 2. The van der Waals surface area contributed by atoms with Crippen molar-refractivity contribution in [1.82, 2.24) is 19.2 Å². The number of hydrogen-bond acceptors (Lipinski definition) is 4. The van der Waals surface area contributed by atoms with Crippen molar-refractivity contribution in [2.75, 3.05) is 46.3 Å². The number of likely N-dealkylation sites (tertiary alicyclic amines) is 1. The number of rotatable bonds is 6. The third-order valence-corrected chi connectivity index (χ3v) is 6.09. The van der Waals surface area contributed by atoms with E-state index in [9.17, 15) is 8.42 Å². The van der Waals surface area contributed by atoms with E-state index in [4.69, 9.17) is 0 Å². The molecule has 2 N–H and O–H groups in total. The molecule has 0 bridgehead atoms. The van der Waals surface area contributed by atoms with Crippen LogP contribution in [0.5, 0.6) is 0 Å². The molecule has 124 valence electrons. The van der Waals surface area contributed by atoms with E-state index in [0.29, 0.717) is 19.0 Å². The number of piperidine rings is 2. The molecule has 0 spiro atoms. The molecule has 2 saturated heterocycles. The average Bonchev–Trinajstić information content (AvgIpc) is 2.45. The van der Waals surface area contributed by atoms with Crippen molar-refractivity contribution in [2.24, 2.45) is 5.92 Å². The van der Waals surface area contributed by atoms with Gasteiger partial charge in [0.15, 0.2) is 0 Å². The van der Waals surface area contributed by atoms with Crippen LogP contribution in [0.4, 0.5) is 0 Å². The Kier molecular flexibility index (Phi) is 6.43. The minimum atomic E-state index is -3.34. The molecule has 2 unspecified atom stereocenters. The van der Waals surface area contributed by atoms with Crippen LogP contribution in [0.3, 0.4) is 0 Å². The molecule has 2 fully saturated rings. The number of nitrogens with zero attached hydrogens (tertiary/aromatic N) is 2. The van der Waals surface area contributed by atoms with Gasteiger partial charge in [-0.2, -0.15) is 17.4 Å². The van der Waals surface area contributed by atoms with E-state index in [0.717, 1.165) is 51.9 Å². The molecule has 0 radical (unpaired) electrons. The first-order chi connectivity index (χ1) is 10.0. The van der Waals surface area contributed by atoms with Crippen LogP contribution in [-0.2, 0) is 10.2 Å². The molecular weight excluding hydrogens is 288 g/mol. The van der Waals surface area contributed by atoms with Crippen LogP contribution >= 0.6 is 0 Å². The van der Waals surface area contributed by atoms with Gasteiger partial charge in [-0.25, -0.2) is 0 Å². The average molecular weight is 318 g/mol. The maximum atomic E-state index is 12.6. The molecule has 21 heavy (non-hydrogen) atoms. The minimum Gasteiger partial charge on any atom is -0.317 e. The van der Waals surface area contributed by atoms with Gasteiger partial charge in [-0.3, -0.25) is 0 Å². The van der Waals surface area contributed by atoms with Gasteiger partial charge in [0.05, 0.1) is 0 Å². The molecule has 0 aliphatic carbocycles. The molecule has 0 aromatic rings. The van der Waals surface area contributed by atoms with E-state index in [1.807, 2.05) is 7.05 Å². The van der Waals surface area contributed by atoms with Gasteiger partial charge >= 0.3 is 0 Å². The van der Waals surface area contributed by atoms with Crippen molar-refractivity contribution < 1.29 is 8.42 Å². The highest BCUT2D eigenvalue weighted by molar-refractivity contribution is 7.87. The fraction of sp³-hybridized carbons (Fsp3) is 1.00. The molecular formula is C14H30N4O2S. The highest BCUT2D eigenvalue weighted by atomic mass is 32.2. The summed E-state index contributed by atoms with van der Waals surface area (Å²) in [6, 6.07) is 0.0582. The molecule has 6 nitrogen and oxygen atoms in total. The van der Waals surface area contributed by atoms with Crippen LogP contribution in [0.25, 0.3) is 0 Å². The maximum Gasteiger partial charge on any atom is 0.279 e. The molecule has 7 heteroatoms. The predicted octanol–water partition coefficient (Wildman–Crippen LogP) is 0.237. The van der Waals surface area contributed by atoms with Crippen LogP contribution < -0.4 is 10.0 Å². The van der Waals surface area contributed by atoms with E-state index in [1.165, 1.54) is 0 Å². The highest BCUT2D eigenvalue weighted by Gasteiger charge is 2.31. The second-order valence-electron chi connectivity index (χ2n) is 6.40. The van der Waals surface area contributed by atoms with E-state index >= 15 is 0 Å². The maximum absolute atomic E-state index is 12.6. The normalized spacial score (nSPS) is 29.6. The summed E-state index contributed by atoms with van der Waals surface area (Å²) in [5, 5.41) is 3.33. The summed E-state index contributed by atoms with van der Waals surface area (Å²) in [5.41, 5.74) is 0. The molecule has 0 saturated carbocycles. The van der Waals surface area contributed by atoms with Crippen molar-refractivity contribution >= 4 is 10.2 Å². The van der Waals surface area contributed by atoms with Gasteiger partial charge in [-0.15, -0.1) is 0 Å². The Hall–Kier alpha value is -0.210. The zero-order chi connectivity index (χ0) is 15.3. The van der Waals surface area contributed by atoms with Crippen LogP contribution in [0.1, 0.15) is 32.6 Å². The van der Waals surface area contributed by atoms with E-state index < -0.39 is 10.2 Å². The standard InChI is InChI=1S/C14H30N4O2S/c1-3-15-10-13-6-4-9-18(11-13)21(19,20)16-14-7-5-8-17(2)12-14/h13-16H,3-12H2,1-2H3. The second-order valence-corrected chi connectivity index (χ2v) is 8.10. The molecule has 0 aromatic heterocycles. The highest BCUT2D eigenvalue weighted by Crippen LogP contribution is 2.19. The second kappa shape index (κ2) is 7.87. The lowest BCUT2D eigenvalue weighted by molar-refractivity contribution is 0.231. The Morgan fingerprint density at radius 2 is 1.90 bits per heavy atom. The lowest BCUT2D eigenvalue weighted by Crippen LogP contribution is -2.53. The lowest BCUT2D eigenvalue weighted by Gasteiger charge is -2.35. The molecule has 2 rings (SSSR count). The van der Waals surface area contributed by atoms with Gasteiger partial charge in [0.25, 0.3) is 10.2 Å². The van der Waals surface area contributed by atoms with Crippen molar-refractivity contribution in [1.29, 1.82) is 0 Å². The summed E-state index contributed by atoms with van der Waals surface area (Å²) in [5.74, 6) is 0.435. The summed E-state index contributed by atoms with van der Waals surface area (Å²) >= 11 is 0. The van der Waals surface area contributed by atoms with Crippen LogP contribution in [0, 0.1) is 5.92 Å². The third-order valence-electron chi connectivity index (χ3n) is 4.44. The molecule has 2 heterocycles. The first-order valence-corrected chi connectivity index (χ1v) is 9.62. The lowest BCUT2D eigenvalue weighted by atomic mass is 10.00. The van der Waals surface area contributed by atoms with Crippen LogP contribution in [-0.4, -0.2) is 70.0 Å². The topological polar surface area (TPSA) is 64.7 Å². The molecule has 2 aliphatic rings. The monoisotopic (exact) mass is 318 g/mol. The smallest absolute Gasteiger partial charge is 0.279 e. The van der Waals surface area contributed by atoms with Crippen LogP contribution in [0.15, 0.2) is 0 Å². The summed E-state index contributed by atoms with van der Waals surface area (Å²) in [4.78, 5) is 2.20. The van der Waals surface area contributed by atoms with E-state index in [-0.39, 0.29) is 6.04 Å². The molecule has 0 aromatic carbocycles. The Morgan fingerprint density at radius 1 is 1.14 bits per heavy atom.